The van der Waals surface area contributed by atoms with Crippen LogP contribution in [0, 0.1) is 24.7 Å². The third-order valence-corrected chi connectivity index (χ3v) is 6.84. The van der Waals surface area contributed by atoms with Crippen LogP contribution in [-0.2, 0) is 0 Å². The fourth-order valence-corrected chi connectivity index (χ4v) is 4.63. The normalized spacial score (nSPS) is 19.5. The van der Waals surface area contributed by atoms with Gasteiger partial charge < -0.3 is 5.32 Å². The standard InChI is InChI=1S/C24H30BrN3/c1-13-11-17-21(20(25)14(13)2)27-22-15-9-10-18(23(3,4)5)26-16(15)12-19(28(17)22)24(6,7)8/h9-12,16,26H,1-8H3. The number of allylic oxidation sites excluding steroid dienone is 4. The fourth-order valence-electron chi connectivity index (χ4n) is 4.03. The molecule has 1 unspecified atom stereocenters. The molecule has 148 valence electrons. The van der Waals surface area contributed by atoms with E-state index in [-0.39, 0.29) is 16.9 Å². The summed E-state index contributed by atoms with van der Waals surface area (Å²) in [5, 5.41) is 3.77. The number of nitrogens with zero attached hydrogens (tertiary/aromatic N) is 2. The lowest BCUT2D eigenvalue weighted by Gasteiger charge is -2.37. The summed E-state index contributed by atoms with van der Waals surface area (Å²) in [6.07, 6.45) is 6.86. The van der Waals surface area contributed by atoms with Crippen LogP contribution in [-0.4, -0.2) is 15.6 Å². The summed E-state index contributed by atoms with van der Waals surface area (Å²) in [6, 6.07) is 2.43. The van der Waals surface area contributed by atoms with Gasteiger partial charge in [-0.15, -0.1) is 0 Å². The zero-order valence-corrected chi connectivity index (χ0v) is 19.7. The number of fused-ring (bicyclic) bond motifs is 5. The maximum Gasteiger partial charge on any atom is 0.143 e. The van der Waals surface area contributed by atoms with Gasteiger partial charge in [0, 0.05) is 32.3 Å². The predicted octanol–water partition coefficient (Wildman–Crippen LogP) is 6.60. The lowest BCUT2D eigenvalue weighted by atomic mass is 9.83. The van der Waals surface area contributed by atoms with Crippen LogP contribution in [0.1, 0.15) is 58.5 Å². The van der Waals surface area contributed by atoms with Crippen LogP contribution in [0.5, 0.6) is 0 Å². The van der Waals surface area contributed by atoms with E-state index in [1.54, 1.807) is 0 Å². The van der Waals surface area contributed by atoms with E-state index in [0.717, 1.165) is 15.8 Å². The molecule has 28 heavy (non-hydrogen) atoms. The molecular weight excluding hydrogens is 410 g/mol. The van der Waals surface area contributed by atoms with E-state index < -0.39 is 0 Å². The number of hydrogen-bond donors (Lipinski definition) is 1. The first-order chi connectivity index (χ1) is 12.9. The molecule has 2 aromatic rings. The summed E-state index contributed by atoms with van der Waals surface area (Å²) in [7, 11) is 0. The van der Waals surface area contributed by atoms with Crippen molar-refractivity contribution in [3.63, 3.8) is 0 Å². The second-order valence-electron chi connectivity index (χ2n) is 10.1. The highest BCUT2D eigenvalue weighted by molar-refractivity contribution is 9.10. The Morgan fingerprint density at radius 1 is 1.04 bits per heavy atom. The van der Waals surface area contributed by atoms with Crippen LogP contribution in [0.3, 0.4) is 0 Å². The Morgan fingerprint density at radius 2 is 1.71 bits per heavy atom. The molecule has 4 rings (SSSR count). The van der Waals surface area contributed by atoms with E-state index in [9.17, 15) is 0 Å². The molecule has 0 aliphatic carbocycles. The molecule has 3 heterocycles. The topological polar surface area (TPSA) is 29.9 Å². The highest BCUT2D eigenvalue weighted by atomic mass is 79.9. The smallest absolute Gasteiger partial charge is 0.143 e. The lowest BCUT2D eigenvalue weighted by molar-refractivity contribution is 0.453. The van der Waals surface area contributed by atoms with E-state index >= 15 is 0 Å². The van der Waals surface area contributed by atoms with Crippen LogP contribution in [0.25, 0.3) is 22.3 Å². The maximum absolute atomic E-state index is 5.13. The third-order valence-electron chi connectivity index (χ3n) is 5.87. The number of hydrogen-bond acceptors (Lipinski definition) is 2. The Bertz CT molecular complexity index is 1080. The summed E-state index contributed by atoms with van der Waals surface area (Å²) in [5.41, 5.74) is 8.65. The molecule has 0 bridgehead atoms. The Balaban J connectivity index is 2.05. The molecule has 0 saturated carbocycles. The van der Waals surface area contributed by atoms with E-state index in [1.807, 2.05) is 0 Å². The molecule has 4 heteroatoms. The van der Waals surface area contributed by atoms with Crippen LogP contribution in [0.2, 0.25) is 0 Å². The first-order valence-corrected chi connectivity index (χ1v) is 10.8. The summed E-state index contributed by atoms with van der Waals surface area (Å²) in [4.78, 5) is 5.13. The molecule has 0 spiro atoms. The summed E-state index contributed by atoms with van der Waals surface area (Å²) in [5.74, 6) is 1.05. The Morgan fingerprint density at radius 3 is 2.32 bits per heavy atom. The van der Waals surface area contributed by atoms with Gasteiger partial charge in [0.2, 0.25) is 0 Å². The van der Waals surface area contributed by atoms with Gasteiger partial charge in [0.25, 0.3) is 0 Å². The first-order valence-electron chi connectivity index (χ1n) is 9.99. The van der Waals surface area contributed by atoms with Gasteiger partial charge in [0.15, 0.2) is 0 Å². The second-order valence-corrected chi connectivity index (χ2v) is 10.9. The molecule has 0 amide bonds. The van der Waals surface area contributed by atoms with E-state index in [0.29, 0.717) is 0 Å². The molecule has 0 radical (unpaired) electrons. The van der Waals surface area contributed by atoms with Crippen molar-refractivity contribution in [2.45, 2.75) is 61.4 Å². The van der Waals surface area contributed by atoms with Gasteiger partial charge >= 0.3 is 0 Å². The van der Waals surface area contributed by atoms with Crippen LogP contribution in [0.15, 0.2) is 34.5 Å². The summed E-state index contributed by atoms with van der Waals surface area (Å²) >= 11 is 3.81. The molecule has 1 N–H and O–H groups in total. The molecule has 1 atom stereocenters. The van der Waals surface area contributed by atoms with Crippen molar-refractivity contribution in [2.75, 3.05) is 0 Å². The largest absolute Gasteiger partial charge is 0.377 e. The lowest BCUT2D eigenvalue weighted by Crippen LogP contribution is -2.39. The van der Waals surface area contributed by atoms with Crippen LogP contribution >= 0.6 is 15.9 Å². The number of aryl methyl sites for hydroxylation is 1. The van der Waals surface area contributed by atoms with E-state index in [4.69, 9.17) is 4.98 Å². The van der Waals surface area contributed by atoms with E-state index in [1.165, 1.54) is 33.6 Å². The monoisotopic (exact) mass is 439 g/mol. The predicted molar refractivity (Wildman–Crippen MR) is 123 cm³/mol. The molecule has 1 aromatic carbocycles. The zero-order chi connectivity index (χ0) is 20.6. The average molecular weight is 440 g/mol. The summed E-state index contributed by atoms with van der Waals surface area (Å²) < 4.78 is 3.47. The SMILES string of the molecule is Cc1cc2c(nc3n2C(C(C)(C)C)=CC2NC(C(C)(C)C)=CC=C32)c(Br)c1C. The van der Waals surface area contributed by atoms with Gasteiger partial charge in [-0.3, -0.25) is 4.57 Å². The molecular formula is C24H30BrN3. The van der Waals surface area contributed by atoms with Gasteiger partial charge in [0.05, 0.1) is 11.6 Å². The van der Waals surface area contributed by atoms with Gasteiger partial charge in [-0.1, -0.05) is 47.6 Å². The van der Waals surface area contributed by atoms with Crippen LogP contribution < -0.4 is 5.32 Å². The molecule has 2 aliphatic rings. The Labute approximate surface area is 176 Å². The van der Waals surface area contributed by atoms with Gasteiger partial charge in [-0.05, 0) is 59.1 Å². The van der Waals surface area contributed by atoms with Crippen molar-refractivity contribution >= 4 is 38.2 Å². The van der Waals surface area contributed by atoms with Crippen molar-refractivity contribution < 1.29 is 0 Å². The summed E-state index contributed by atoms with van der Waals surface area (Å²) in [6.45, 7) is 17.9. The highest BCUT2D eigenvalue weighted by Gasteiger charge is 2.35. The average Bonchev–Trinajstić information content (AvgIpc) is 2.96. The number of benzene rings is 1. The van der Waals surface area contributed by atoms with E-state index in [2.05, 4.69) is 105 Å². The molecule has 2 aliphatic heterocycles. The molecule has 1 aromatic heterocycles. The number of rotatable bonds is 0. The number of aromatic nitrogens is 2. The molecule has 3 nitrogen and oxygen atoms in total. The Kier molecular flexibility index (Phi) is 4.24. The number of halogens is 1. The highest BCUT2D eigenvalue weighted by Crippen LogP contribution is 2.44. The number of nitrogens with one attached hydrogen (secondary N) is 1. The zero-order valence-electron chi connectivity index (χ0n) is 18.2. The number of imidazole rings is 1. The van der Waals surface area contributed by atoms with Crippen molar-refractivity contribution in [1.82, 2.24) is 14.9 Å². The first kappa shape index (κ1) is 19.5. The Hall–Kier alpha value is -1.81. The maximum atomic E-state index is 5.13. The number of dihydropyridines is 1. The van der Waals surface area contributed by atoms with Gasteiger partial charge in [-0.25, -0.2) is 4.98 Å². The van der Waals surface area contributed by atoms with Crippen molar-refractivity contribution in [1.29, 1.82) is 0 Å². The molecule has 0 fully saturated rings. The van der Waals surface area contributed by atoms with Crippen molar-refractivity contribution in [3.8, 4) is 0 Å². The van der Waals surface area contributed by atoms with Crippen molar-refractivity contribution in [2.24, 2.45) is 10.8 Å². The minimum atomic E-state index is 0.00388. The fraction of sp³-hybridized carbons (Fsp3) is 0.458. The second kappa shape index (κ2) is 6.09. The van der Waals surface area contributed by atoms with Crippen LogP contribution in [0.4, 0.5) is 0 Å². The quantitative estimate of drug-likeness (QED) is 0.500. The third kappa shape index (κ3) is 2.88. The van der Waals surface area contributed by atoms with Gasteiger partial charge in [0.1, 0.15) is 11.3 Å². The molecule has 0 saturated heterocycles. The minimum Gasteiger partial charge on any atom is -0.377 e. The van der Waals surface area contributed by atoms with Gasteiger partial charge in [-0.2, -0.15) is 0 Å². The van der Waals surface area contributed by atoms with Crippen molar-refractivity contribution in [3.05, 3.63) is 51.4 Å². The minimum absolute atomic E-state index is 0.00388.